The molecule has 1 saturated heterocycles. The summed E-state index contributed by atoms with van der Waals surface area (Å²) in [6.07, 6.45) is 2.85. The standard InChI is InChI=1S/C19H22N4S/c1-13-4-5-15(14(2)10-13)16-11-24-19-17(16)18(21-12-22-19)23-8-3-6-20-7-9-23/h4-5,10-12,20H,3,6-9H2,1-2H3. The van der Waals surface area contributed by atoms with Crippen molar-refractivity contribution in [1.29, 1.82) is 0 Å². The monoisotopic (exact) mass is 338 g/mol. The Morgan fingerprint density at radius 3 is 2.88 bits per heavy atom. The van der Waals surface area contributed by atoms with Gasteiger partial charge < -0.3 is 10.2 Å². The predicted octanol–water partition coefficient (Wildman–Crippen LogP) is 3.77. The molecule has 0 saturated carbocycles. The van der Waals surface area contributed by atoms with Gasteiger partial charge in [0.2, 0.25) is 0 Å². The van der Waals surface area contributed by atoms with Gasteiger partial charge in [-0.05, 0) is 37.9 Å². The molecule has 1 aliphatic rings. The smallest absolute Gasteiger partial charge is 0.141 e. The van der Waals surface area contributed by atoms with E-state index in [-0.39, 0.29) is 0 Å². The van der Waals surface area contributed by atoms with E-state index in [1.165, 1.54) is 27.6 Å². The fourth-order valence-electron chi connectivity index (χ4n) is 3.47. The molecule has 0 radical (unpaired) electrons. The third-order valence-corrected chi connectivity index (χ3v) is 5.55. The largest absolute Gasteiger partial charge is 0.355 e. The minimum Gasteiger partial charge on any atom is -0.355 e. The minimum atomic E-state index is 0.994. The molecular formula is C19H22N4S. The average Bonchev–Trinajstić information content (AvgIpc) is 2.82. The highest BCUT2D eigenvalue weighted by Gasteiger charge is 2.19. The molecule has 1 fully saturated rings. The second-order valence-electron chi connectivity index (χ2n) is 6.44. The molecule has 2 aromatic heterocycles. The zero-order valence-corrected chi connectivity index (χ0v) is 15.0. The fraction of sp³-hybridized carbons (Fsp3) is 0.368. The maximum atomic E-state index is 4.67. The van der Waals surface area contributed by atoms with E-state index in [9.17, 15) is 0 Å². The topological polar surface area (TPSA) is 41.1 Å². The number of aryl methyl sites for hydroxylation is 2. The van der Waals surface area contributed by atoms with E-state index in [1.807, 2.05) is 0 Å². The molecule has 4 rings (SSSR count). The number of thiophene rings is 1. The van der Waals surface area contributed by atoms with E-state index in [2.05, 4.69) is 57.6 Å². The molecule has 3 aromatic rings. The van der Waals surface area contributed by atoms with Crippen LogP contribution in [0.15, 0.2) is 29.9 Å². The Hall–Kier alpha value is -1.98. The van der Waals surface area contributed by atoms with E-state index in [0.29, 0.717) is 0 Å². The fourth-order valence-corrected chi connectivity index (χ4v) is 4.37. The van der Waals surface area contributed by atoms with E-state index in [4.69, 9.17) is 0 Å². The molecule has 0 amide bonds. The third kappa shape index (κ3) is 2.78. The molecule has 0 spiro atoms. The van der Waals surface area contributed by atoms with Gasteiger partial charge in [0, 0.05) is 30.6 Å². The van der Waals surface area contributed by atoms with Crippen molar-refractivity contribution in [2.45, 2.75) is 20.3 Å². The van der Waals surface area contributed by atoms with E-state index in [0.717, 1.165) is 43.2 Å². The maximum absolute atomic E-state index is 4.67. The number of nitrogens with zero attached hydrogens (tertiary/aromatic N) is 3. The van der Waals surface area contributed by atoms with Crippen molar-refractivity contribution in [3.8, 4) is 11.1 Å². The summed E-state index contributed by atoms with van der Waals surface area (Å²) in [6.45, 7) is 8.45. The first-order chi connectivity index (χ1) is 11.7. The van der Waals surface area contributed by atoms with E-state index in [1.54, 1.807) is 17.7 Å². The van der Waals surface area contributed by atoms with Gasteiger partial charge in [-0.2, -0.15) is 0 Å². The average molecular weight is 338 g/mol. The molecule has 5 heteroatoms. The van der Waals surface area contributed by atoms with Crippen LogP contribution >= 0.6 is 11.3 Å². The molecule has 0 bridgehead atoms. The molecule has 1 aromatic carbocycles. The molecule has 4 nitrogen and oxygen atoms in total. The molecule has 0 unspecified atom stereocenters. The molecule has 3 heterocycles. The summed E-state index contributed by atoms with van der Waals surface area (Å²) in [5.74, 6) is 1.08. The number of hydrogen-bond acceptors (Lipinski definition) is 5. The summed E-state index contributed by atoms with van der Waals surface area (Å²) >= 11 is 1.71. The summed E-state index contributed by atoms with van der Waals surface area (Å²) in [6, 6.07) is 6.66. The number of benzene rings is 1. The highest BCUT2D eigenvalue weighted by molar-refractivity contribution is 7.17. The van der Waals surface area contributed by atoms with Gasteiger partial charge in [-0.15, -0.1) is 11.3 Å². The summed E-state index contributed by atoms with van der Waals surface area (Å²) in [5, 5.41) is 6.91. The van der Waals surface area contributed by atoms with Crippen LogP contribution in [-0.4, -0.2) is 36.1 Å². The maximum Gasteiger partial charge on any atom is 0.141 e. The lowest BCUT2D eigenvalue weighted by molar-refractivity contribution is 0.724. The Labute approximate surface area is 146 Å². The van der Waals surface area contributed by atoms with Crippen LogP contribution in [0.3, 0.4) is 0 Å². The van der Waals surface area contributed by atoms with Crippen molar-refractivity contribution in [2.75, 3.05) is 31.1 Å². The predicted molar refractivity (Wildman–Crippen MR) is 102 cm³/mol. The van der Waals surface area contributed by atoms with Crippen LogP contribution in [0, 0.1) is 13.8 Å². The first kappa shape index (κ1) is 15.5. The van der Waals surface area contributed by atoms with E-state index >= 15 is 0 Å². The highest BCUT2D eigenvalue weighted by Crippen LogP contribution is 2.39. The Balaban J connectivity index is 1.88. The molecule has 1 aliphatic heterocycles. The van der Waals surface area contributed by atoms with E-state index < -0.39 is 0 Å². The van der Waals surface area contributed by atoms with Gasteiger partial charge in [-0.3, -0.25) is 0 Å². The SMILES string of the molecule is Cc1ccc(-c2csc3ncnc(N4CCCNCC4)c23)c(C)c1. The quantitative estimate of drug-likeness (QED) is 0.772. The normalized spacial score (nSPS) is 15.7. The molecule has 124 valence electrons. The lowest BCUT2D eigenvalue weighted by Gasteiger charge is -2.22. The molecule has 1 N–H and O–H groups in total. The second kappa shape index (κ2) is 6.49. The van der Waals surface area contributed by atoms with Crippen LogP contribution < -0.4 is 10.2 Å². The first-order valence-electron chi connectivity index (χ1n) is 8.49. The molecule has 0 aliphatic carbocycles. The van der Waals surface area contributed by atoms with Crippen LogP contribution in [0.1, 0.15) is 17.5 Å². The van der Waals surface area contributed by atoms with Gasteiger partial charge in [0.1, 0.15) is 17.0 Å². The highest BCUT2D eigenvalue weighted by atomic mass is 32.1. The Morgan fingerprint density at radius 2 is 2.00 bits per heavy atom. The van der Waals surface area contributed by atoms with Gasteiger partial charge >= 0.3 is 0 Å². The molecule has 24 heavy (non-hydrogen) atoms. The van der Waals surface area contributed by atoms with Gasteiger partial charge in [0.05, 0.1) is 5.39 Å². The summed E-state index contributed by atoms with van der Waals surface area (Å²) in [7, 11) is 0. The second-order valence-corrected chi connectivity index (χ2v) is 7.29. The van der Waals surface area contributed by atoms with Crippen LogP contribution in [0.5, 0.6) is 0 Å². The van der Waals surface area contributed by atoms with Crippen molar-refractivity contribution in [1.82, 2.24) is 15.3 Å². The summed E-state index contributed by atoms with van der Waals surface area (Å²) in [5.41, 5.74) is 5.16. The van der Waals surface area contributed by atoms with Crippen LogP contribution in [0.4, 0.5) is 5.82 Å². The lowest BCUT2D eigenvalue weighted by Crippen LogP contribution is -2.28. The number of fused-ring (bicyclic) bond motifs is 1. The van der Waals surface area contributed by atoms with Crippen molar-refractivity contribution < 1.29 is 0 Å². The van der Waals surface area contributed by atoms with Crippen molar-refractivity contribution in [2.24, 2.45) is 0 Å². The van der Waals surface area contributed by atoms with Crippen LogP contribution in [-0.2, 0) is 0 Å². The van der Waals surface area contributed by atoms with Crippen molar-refractivity contribution in [3.63, 3.8) is 0 Å². The number of rotatable bonds is 2. The van der Waals surface area contributed by atoms with Gasteiger partial charge in [0.25, 0.3) is 0 Å². The Kier molecular flexibility index (Phi) is 4.21. The zero-order valence-electron chi connectivity index (χ0n) is 14.2. The number of nitrogens with one attached hydrogen (secondary N) is 1. The zero-order chi connectivity index (χ0) is 16.5. The van der Waals surface area contributed by atoms with Crippen LogP contribution in [0.25, 0.3) is 21.3 Å². The van der Waals surface area contributed by atoms with Crippen LogP contribution in [0.2, 0.25) is 0 Å². The summed E-state index contributed by atoms with van der Waals surface area (Å²) in [4.78, 5) is 12.7. The molecular weight excluding hydrogens is 316 g/mol. The van der Waals surface area contributed by atoms with Gasteiger partial charge in [-0.25, -0.2) is 9.97 Å². The molecule has 0 atom stereocenters. The minimum absolute atomic E-state index is 0.994. The number of anilines is 1. The third-order valence-electron chi connectivity index (χ3n) is 4.66. The van der Waals surface area contributed by atoms with Crippen molar-refractivity contribution >= 4 is 27.4 Å². The summed E-state index contributed by atoms with van der Waals surface area (Å²) < 4.78 is 0. The van der Waals surface area contributed by atoms with Gasteiger partial charge in [0.15, 0.2) is 0 Å². The van der Waals surface area contributed by atoms with Gasteiger partial charge in [-0.1, -0.05) is 23.8 Å². The Bertz CT molecular complexity index is 863. The van der Waals surface area contributed by atoms with Crippen molar-refractivity contribution in [3.05, 3.63) is 41.0 Å². The Morgan fingerprint density at radius 1 is 1.08 bits per heavy atom. The lowest BCUT2D eigenvalue weighted by atomic mass is 9.99. The first-order valence-corrected chi connectivity index (χ1v) is 9.37. The number of aromatic nitrogens is 2. The number of hydrogen-bond donors (Lipinski definition) is 1.